The van der Waals surface area contributed by atoms with Gasteiger partial charge in [0.2, 0.25) is 11.7 Å². The molecule has 1 aliphatic heterocycles. The zero-order valence-corrected chi connectivity index (χ0v) is 16.2. The van der Waals surface area contributed by atoms with Gasteiger partial charge in [-0.25, -0.2) is 4.79 Å². The molecule has 0 bridgehead atoms. The number of fused-ring (bicyclic) bond motifs is 1. The number of hydrogen-bond donors (Lipinski definition) is 2. The van der Waals surface area contributed by atoms with Crippen LogP contribution >= 0.6 is 0 Å². The summed E-state index contributed by atoms with van der Waals surface area (Å²) in [6.07, 6.45) is 0.751. The first-order chi connectivity index (χ1) is 12.9. The van der Waals surface area contributed by atoms with E-state index in [0.717, 1.165) is 23.2 Å². The van der Waals surface area contributed by atoms with Crippen molar-refractivity contribution in [2.45, 2.75) is 51.8 Å². The van der Waals surface area contributed by atoms with Crippen LogP contribution in [0.2, 0.25) is 0 Å². The van der Waals surface area contributed by atoms with Gasteiger partial charge < -0.3 is 25.2 Å². The smallest absolute Gasteiger partial charge is 0.407 e. The van der Waals surface area contributed by atoms with Gasteiger partial charge in [-0.2, -0.15) is 4.98 Å². The van der Waals surface area contributed by atoms with Crippen LogP contribution in [-0.2, 0) is 11.2 Å². The summed E-state index contributed by atoms with van der Waals surface area (Å²) in [5.74, 6) is 1.04. The van der Waals surface area contributed by atoms with Gasteiger partial charge in [-0.1, -0.05) is 5.16 Å². The van der Waals surface area contributed by atoms with Gasteiger partial charge in [0, 0.05) is 37.3 Å². The fraction of sp³-hybridized carbons (Fsp3) is 0.526. The van der Waals surface area contributed by atoms with Crippen molar-refractivity contribution in [3.05, 3.63) is 29.7 Å². The van der Waals surface area contributed by atoms with E-state index in [1.807, 2.05) is 32.0 Å². The fourth-order valence-electron chi connectivity index (χ4n) is 3.28. The Morgan fingerprint density at radius 3 is 2.96 bits per heavy atom. The molecule has 2 aromatic rings. The van der Waals surface area contributed by atoms with E-state index in [-0.39, 0.29) is 18.2 Å². The first-order valence-electron chi connectivity index (χ1n) is 9.26. The molecule has 1 aromatic heterocycles. The standard InChI is InChI=1S/C19H27N5O3/c1-11(2)26-19(25)21-15-9-12(3)24(4)16-6-5-13(10-14(15)16)18-22-17(7-8-20)27-23-18/h5-6,10-12,15H,7-9,20H2,1-4H3,(H,21,25)/t12-,15+/m0/s1. The minimum Gasteiger partial charge on any atom is -0.447 e. The molecule has 146 valence electrons. The van der Waals surface area contributed by atoms with Crippen molar-refractivity contribution < 1.29 is 14.1 Å². The lowest BCUT2D eigenvalue weighted by atomic mass is 9.91. The summed E-state index contributed by atoms with van der Waals surface area (Å²) in [5.41, 5.74) is 8.46. The van der Waals surface area contributed by atoms with Gasteiger partial charge in [0.15, 0.2) is 0 Å². The molecule has 1 aliphatic rings. The third-order valence-electron chi connectivity index (χ3n) is 4.74. The summed E-state index contributed by atoms with van der Waals surface area (Å²) in [6.45, 7) is 6.26. The van der Waals surface area contributed by atoms with E-state index in [0.29, 0.717) is 24.7 Å². The summed E-state index contributed by atoms with van der Waals surface area (Å²) in [4.78, 5) is 18.8. The van der Waals surface area contributed by atoms with Crippen LogP contribution in [0, 0.1) is 0 Å². The van der Waals surface area contributed by atoms with Crippen LogP contribution in [0.15, 0.2) is 22.7 Å². The van der Waals surface area contributed by atoms with Crippen molar-refractivity contribution in [2.24, 2.45) is 5.73 Å². The van der Waals surface area contributed by atoms with E-state index in [4.69, 9.17) is 15.0 Å². The zero-order valence-electron chi connectivity index (χ0n) is 16.2. The van der Waals surface area contributed by atoms with Gasteiger partial charge >= 0.3 is 6.09 Å². The summed E-state index contributed by atoms with van der Waals surface area (Å²) in [5, 5.41) is 7.04. The van der Waals surface area contributed by atoms with Crippen LogP contribution in [0.4, 0.5) is 10.5 Å². The van der Waals surface area contributed by atoms with Crippen molar-refractivity contribution >= 4 is 11.8 Å². The Labute approximate surface area is 159 Å². The van der Waals surface area contributed by atoms with Crippen LogP contribution < -0.4 is 16.0 Å². The molecule has 3 rings (SSSR count). The first-order valence-corrected chi connectivity index (χ1v) is 9.26. The molecule has 0 aliphatic carbocycles. The van der Waals surface area contributed by atoms with Gasteiger partial charge in [-0.05, 0) is 51.0 Å². The Kier molecular flexibility index (Phi) is 5.65. The third-order valence-corrected chi connectivity index (χ3v) is 4.74. The molecule has 0 fully saturated rings. The lowest BCUT2D eigenvalue weighted by Crippen LogP contribution is -2.41. The Morgan fingerprint density at radius 2 is 2.26 bits per heavy atom. The van der Waals surface area contributed by atoms with Crippen molar-refractivity contribution in [1.82, 2.24) is 15.5 Å². The average Bonchev–Trinajstić information content (AvgIpc) is 3.07. The highest BCUT2D eigenvalue weighted by atomic mass is 16.6. The van der Waals surface area contributed by atoms with Crippen molar-refractivity contribution in [3.8, 4) is 11.4 Å². The highest BCUT2D eigenvalue weighted by molar-refractivity contribution is 5.71. The molecule has 1 amide bonds. The number of carbonyl (C=O) groups excluding carboxylic acids is 1. The molecule has 1 aromatic carbocycles. The van der Waals surface area contributed by atoms with E-state index in [2.05, 4.69) is 34.3 Å². The number of ether oxygens (including phenoxy) is 1. The molecule has 0 saturated carbocycles. The number of nitrogens with zero attached hydrogens (tertiary/aromatic N) is 3. The number of benzene rings is 1. The number of nitrogens with one attached hydrogen (secondary N) is 1. The van der Waals surface area contributed by atoms with Crippen LogP contribution in [0.1, 0.15) is 44.7 Å². The van der Waals surface area contributed by atoms with Crippen molar-refractivity contribution in [3.63, 3.8) is 0 Å². The predicted octanol–water partition coefficient (Wildman–Crippen LogP) is 2.64. The van der Waals surface area contributed by atoms with E-state index in [1.165, 1.54) is 0 Å². The van der Waals surface area contributed by atoms with Crippen LogP contribution in [0.25, 0.3) is 11.4 Å². The minimum absolute atomic E-state index is 0.146. The number of alkyl carbamates (subject to hydrolysis) is 1. The molecule has 3 N–H and O–H groups in total. The molecule has 0 spiro atoms. The maximum absolute atomic E-state index is 12.2. The number of anilines is 1. The quantitative estimate of drug-likeness (QED) is 0.830. The van der Waals surface area contributed by atoms with E-state index >= 15 is 0 Å². The van der Waals surface area contributed by atoms with E-state index in [1.54, 1.807) is 0 Å². The fourth-order valence-corrected chi connectivity index (χ4v) is 3.28. The van der Waals surface area contributed by atoms with Gasteiger partial charge in [0.25, 0.3) is 0 Å². The second-order valence-electron chi connectivity index (χ2n) is 7.17. The average molecular weight is 373 g/mol. The molecule has 27 heavy (non-hydrogen) atoms. The second-order valence-corrected chi connectivity index (χ2v) is 7.17. The van der Waals surface area contributed by atoms with Crippen LogP contribution in [0.3, 0.4) is 0 Å². The maximum Gasteiger partial charge on any atom is 0.407 e. The minimum atomic E-state index is -0.409. The molecule has 0 radical (unpaired) electrons. The highest BCUT2D eigenvalue weighted by Gasteiger charge is 2.30. The van der Waals surface area contributed by atoms with Gasteiger partial charge in [-0.3, -0.25) is 0 Å². The maximum atomic E-state index is 12.2. The Bertz CT molecular complexity index is 804. The molecule has 0 unspecified atom stereocenters. The van der Waals surface area contributed by atoms with Gasteiger partial charge in [0.1, 0.15) is 0 Å². The topological polar surface area (TPSA) is 107 Å². The molecular weight excluding hydrogens is 346 g/mol. The van der Waals surface area contributed by atoms with Gasteiger partial charge in [-0.15, -0.1) is 0 Å². The van der Waals surface area contributed by atoms with Crippen molar-refractivity contribution in [1.29, 1.82) is 0 Å². The number of rotatable bonds is 5. The second kappa shape index (κ2) is 7.96. The first kappa shape index (κ1) is 19.2. The monoisotopic (exact) mass is 373 g/mol. The van der Waals surface area contributed by atoms with E-state index in [9.17, 15) is 4.79 Å². The number of carbonyl (C=O) groups is 1. The molecule has 8 nitrogen and oxygen atoms in total. The normalized spacial score (nSPS) is 19.1. The zero-order chi connectivity index (χ0) is 19.6. The van der Waals surface area contributed by atoms with Gasteiger partial charge in [0.05, 0.1) is 12.1 Å². The lowest BCUT2D eigenvalue weighted by Gasteiger charge is -2.38. The summed E-state index contributed by atoms with van der Waals surface area (Å²) in [6, 6.07) is 6.15. The summed E-state index contributed by atoms with van der Waals surface area (Å²) in [7, 11) is 2.06. The number of hydrogen-bond acceptors (Lipinski definition) is 7. The molecule has 0 saturated heterocycles. The Morgan fingerprint density at radius 1 is 1.48 bits per heavy atom. The van der Waals surface area contributed by atoms with Crippen molar-refractivity contribution in [2.75, 3.05) is 18.5 Å². The number of aromatic nitrogens is 2. The molecule has 8 heteroatoms. The predicted molar refractivity (Wildman–Crippen MR) is 102 cm³/mol. The summed E-state index contributed by atoms with van der Waals surface area (Å²) >= 11 is 0. The molecule has 2 atom stereocenters. The lowest BCUT2D eigenvalue weighted by molar-refractivity contribution is 0.111. The Hall–Kier alpha value is -2.61. The summed E-state index contributed by atoms with van der Waals surface area (Å²) < 4.78 is 10.5. The third kappa shape index (κ3) is 4.21. The van der Waals surface area contributed by atoms with E-state index < -0.39 is 6.09 Å². The number of nitrogens with two attached hydrogens (primary N) is 1. The molecular formula is C19H27N5O3. The number of amides is 1. The van der Waals surface area contributed by atoms with Crippen LogP contribution in [-0.4, -0.2) is 42.0 Å². The largest absolute Gasteiger partial charge is 0.447 e. The SMILES string of the molecule is CC(C)OC(=O)N[C@@H]1C[C@H](C)N(C)c2ccc(-c3noc(CCN)n3)cc21. The molecule has 2 heterocycles. The highest BCUT2D eigenvalue weighted by Crippen LogP contribution is 2.38. The van der Waals surface area contributed by atoms with Crippen LogP contribution in [0.5, 0.6) is 0 Å². The Balaban J connectivity index is 1.91.